The molecule has 5 aromatic rings. The van der Waals surface area contributed by atoms with E-state index in [1.165, 1.54) is 93.7 Å². The zero-order valence-corrected chi connectivity index (χ0v) is 20.9. The highest BCUT2D eigenvalue weighted by Gasteiger charge is 2.53. The molecule has 3 heteroatoms. The summed E-state index contributed by atoms with van der Waals surface area (Å²) in [6, 6.07) is 29.6. The molecule has 1 aromatic heterocycles. The van der Waals surface area contributed by atoms with Crippen molar-refractivity contribution in [2.24, 2.45) is 17.8 Å². The Labute approximate surface area is 217 Å². The highest BCUT2D eigenvalue weighted by atomic mass is 16.5. The van der Waals surface area contributed by atoms with Gasteiger partial charge in [0.25, 0.3) is 6.71 Å². The van der Waals surface area contributed by atoms with E-state index >= 15 is 0 Å². The van der Waals surface area contributed by atoms with E-state index in [4.69, 9.17) is 4.74 Å². The summed E-state index contributed by atoms with van der Waals surface area (Å²) in [7, 11) is 0. The molecule has 4 aliphatic carbocycles. The zero-order valence-electron chi connectivity index (χ0n) is 20.9. The summed E-state index contributed by atoms with van der Waals surface area (Å²) in [5, 5.41) is 2.69. The summed E-state index contributed by atoms with van der Waals surface area (Å²) in [5.41, 5.74) is 9.87. The summed E-state index contributed by atoms with van der Waals surface area (Å²) >= 11 is 0. The van der Waals surface area contributed by atoms with Gasteiger partial charge < -0.3 is 9.30 Å². The van der Waals surface area contributed by atoms with E-state index in [-0.39, 0.29) is 6.71 Å². The lowest BCUT2D eigenvalue weighted by Gasteiger charge is -2.57. The van der Waals surface area contributed by atoms with Crippen molar-refractivity contribution in [3.63, 3.8) is 0 Å². The quantitative estimate of drug-likeness (QED) is 0.257. The van der Waals surface area contributed by atoms with E-state index in [0.717, 1.165) is 23.5 Å². The minimum Gasteiger partial charge on any atom is -0.458 e. The van der Waals surface area contributed by atoms with Gasteiger partial charge in [-0.05, 0) is 96.3 Å². The molecule has 4 saturated carbocycles. The van der Waals surface area contributed by atoms with Gasteiger partial charge in [-0.2, -0.15) is 0 Å². The summed E-state index contributed by atoms with van der Waals surface area (Å²) in [6.07, 6.45) is 8.49. The third kappa shape index (κ3) is 2.31. The molecule has 37 heavy (non-hydrogen) atoms. The first kappa shape index (κ1) is 19.6. The van der Waals surface area contributed by atoms with Gasteiger partial charge in [-0.1, -0.05) is 60.7 Å². The Balaban J connectivity index is 1.28. The molecule has 0 saturated heterocycles. The van der Waals surface area contributed by atoms with Gasteiger partial charge in [0, 0.05) is 27.5 Å². The number of nitrogens with zero attached hydrogens (tertiary/aromatic N) is 1. The molecule has 3 heterocycles. The number of hydrogen-bond donors (Lipinski definition) is 0. The third-order valence-electron chi connectivity index (χ3n) is 10.8. The summed E-state index contributed by atoms with van der Waals surface area (Å²) in [5.74, 6) is 4.99. The number of fused-ring (bicyclic) bond motifs is 7. The normalized spacial score (nSPS) is 27.9. The van der Waals surface area contributed by atoms with Crippen LogP contribution in [0.2, 0.25) is 0 Å². The second-order valence-corrected chi connectivity index (χ2v) is 12.7. The molecule has 4 aromatic carbocycles. The molecular formula is C34H28BNO. The van der Waals surface area contributed by atoms with E-state index < -0.39 is 0 Å². The van der Waals surface area contributed by atoms with E-state index in [1.54, 1.807) is 0 Å². The van der Waals surface area contributed by atoms with Crippen molar-refractivity contribution in [3.8, 4) is 17.2 Å². The van der Waals surface area contributed by atoms with Crippen LogP contribution in [0.3, 0.4) is 0 Å². The largest absolute Gasteiger partial charge is 0.458 e. The van der Waals surface area contributed by atoms with Gasteiger partial charge in [0.15, 0.2) is 0 Å². The first-order valence-electron chi connectivity index (χ1n) is 14.2. The van der Waals surface area contributed by atoms with Crippen LogP contribution in [0.25, 0.3) is 27.5 Å². The van der Waals surface area contributed by atoms with Gasteiger partial charge in [-0.25, -0.2) is 0 Å². The van der Waals surface area contributed by atoms with Crippen LogP contribution >= 0.6 is 0 Å². The monoisotopic (exact) mass is 477 g/mol. The molecule has 0 spiro atoms. The van der Waals surface area contributed by atoms with E-state index in [0.29, 0.717) is 5.41 Å². The molecule has 0 amide bonds. The zero-order chi connectivity index (χ0) is 23.9. The van der Waals surface area contributed by atoms with Gasteiger partial charge in [0.2, 0.25) is 0 Å². The van der Waals surface area contributed by atoms with E-state index in [9.17, 15) is 0 Å². The van der Waals surface area contributed by atoms with Crippen LogP contribution in [-0.4, -0.2) is 11.3 Å². The van der Waals surface area contributed by atoms with Crippen molar-refractivity contribution in [2.45, 2.75) is 43.9 Å². The van der Waals surface area contributed by atoms with E-state index in [1.807, 2.05) is 0 Å². The van der Waals surface area contributed by atoms with Crippen LogP contribution in [-0.2, 0) is 5.41 Å². The number of benzene rings is 4. The van der Waals surface area contributed by atoms with Gasteiger partial charge in [0.05, 0.1) is 5.52 Å². The Bertz CT molecular complexity index is 1780. The molecule has 4 bridgehead atoms. The SMILES string of the molecule is c1cc2c3c(c1)-n1c4ccccc4c4cccc(c41)B3c1cccc(C34CC5CC(CC(C5)C3)C4)c1O2. The number of aromatic nitrogens is 1. The molecular weight excluding hydrogens is 449 g/mol. The molecule has 0 N–H and O–H groups in total. The predicted molar refractivity (Wildman–Crippen MR) is 152 cm³/mol. The lowest BCUT2D eigenvalue weighted by atomic mass is 9.34. The lowest BCUT2D eigenvalue weighted by Crippen LogP contribution is -2.59. The van der Waals surface area contributed by atoms with Crippen molar-refractivity contribution in [2.75, 3.05) is 0 Å². The maximum Gasteiger partial charge on any atom is 0.256 e. The van der Waals surface area contributed by atoms with Crippen LogP contribution in [0, 0.1) is 17.8 Å². The Morgan fingerprint density at radius 1 is 0.703 bits per heavy atom. The van der Waals surface area contributed by atoms with Crippen LogP contribution in [0.5, 0.6) is 11.5 Å². The van der Waals surface area contributed by atoms with Crippen LogP contribution in [0.4, 0.5) is 0 Å². The average Bonchev–Trinajstić information content (AvgIpc) is 3.25. The third-order valence-corrected chi connectivity index (χ3v) is 10.8. The standard InChI is InChI=1S/C34H28BNO/c1-2-11-28-23(6-1)24-7-3-9-26-32(24)36(28)29-12-5-13-30-31(29)35(26)27-10-4-8-25(33(27)37-30)34-17-20-14-21(18-34)16-22(15-20)19-34/h1-13,20-22H,14-19H2. The summed E-state index contributed by atoms with van der Waals surface area (Å²) < 4.78 is 9.52. The average molecular weight is 477 g/mol. The number of ether oxygens (including phenoxy) is 1. The molecule has 2 nitrogen and oxygen atoms in total. The number of rotatable bonds is 1. The molecule has 0 unspecified atom stereocenters. The van der Waals surface area contributed by atoms with Crippen molar-refractivity contribution in [1.82, 2.24) is 4.57 Å². The van der Waals surface area contributed by atoms with Crippen LogP contribution in [0.15, 0.2) is 78.9 Å². The fourth-order valence-corrected chi connectivity index (χ4v) is 9.98. The minimum absolute atomic E-state index is 0.212. The Kier molecular flexibility index (Phi) is 3.45. The minimum atomic E-state index is 0.212. The first-order chi connectivity index (χ1) is 18.3. The highest BCUT2D eigenvalue weighted by molar-refractivity contribution is 6.99. The van der Waals surface area contributed by atoms with Gasteiger partial charge >= 0.3 is 0 Å². The highest BCUT2D eigenvalue weighted by Crippen LogP contribution is 2.62. The molecule has 178 valence electrons. The Morgan fingerprint density at radius 3 is 2.24 bits per heavy atom. The van der Waals surface area contributed by atoms with E-state index in [2.05, 4.69) is 83.4 Å². The number of para-hydroxylation sites is 3. The number of hydrogen-bond acceptors (Lipinski definition) is 1. The second kappa shape index (κ2) is 6.51. The predicted octanol–water partition coefficient (Wildman–Crippen LogP) is 6.19. The molecule has 4 fully saturated rings. The van der Waals surface area contributed by atoms with Gasteiger partial charge in [-0.3, -0.25) is 0 Å². The van der Waals surface area contributed by atoms with Crippen molar-refractivity contribution < 1.29 is 4.74 Å². The Hall–Kier alpha value is -3.46. The van der Waals surface area contributed by atoms with Gasteiger partial charge in [-0.15, -0.1) is 0 Å². The Morgan fingerprint density at radius 2 is 1.41 bits per heavy atom. The molecule has 0 radical (unpaired) electrons. The lowest BCUT2D eigenvalue weighted by molar-refractivity contribution is -0.00593. The molecule has 0 atom stereocenters. The maximum atomic E-state index is 7.03. The maximum absolute atomic E-state index is 7.03. The summed E-state index contributed by atoms with van der Waals surface area (Å²) in [6.45, 7) is 0.212. The summed E-state index contributed by atoms with van der Waals surface area (Å²) in [4.78, 5) is 0. The fraction of sp³-hybridized carbons (Fsp3) is 0.294. The van der Waals surface area contributed by atoms with Gasteiger partial charge in [0.1, 0.15) is 11.5 Å². The smallest absolute Gasteiger partial charge is 0.256 e. The first-order valence-corrected chi connectivity index (χ1v) is 14.2. The van der Waals surface area contributed by atoms with Crippen LogP contribution < -0.4 is 21.1 Å². The van der Waals surface area contributed by atoms with Crippen molar-refractivity contribution in [1.29, 1.82) is 0 Å². The fourth-order valence-electron chi connectivity index (χ4n) is 9.98. The molecule has 6 aliphatic rings. The topological polar surface area (TPSA) is 14.2 Å². The van der Waals surface area contributed by atoms with Crippen molar-refractivity contribution in [3.05, 3.63) is 84.4 Å². The van der Waals surface area contributed by atoms with Crippen LogP contribution in [0.1, 0.15) is 44.1 Å². The van der Waals surface area contributed by atoms with Crippen molar-refractivity contribution >= 4 is 44.9 Å². The second-order valence-electron chi connectivity index (χ2n) is 12.7. The molecule has 11 rings (SSSR count). The molecule has 2 aliphatic heterocycles.